The zero-order chi connectivity index (χ0) is 13.5. The second kappa shape index (κ2) is 4.71. The number of rotatable bonds is 2. The van der Waals surface area contributed by atoms with Crippen molar-refractivity contribution >= 4 is 0 Å². The number of aryl methyl sites for hydroxylation is 1. The van der Waals surface area contributed by atoms with Gasteiger partial charge in [0.05, 0.1) is 5.69 Å². The van der Waals surface area contributed by atoms with Crippen LogP contribution >= 0.6 is 0 Å². The van der Waals surface area contributed by atoms with Crippen molar-refractivity contribution in [3.63, 3.8) is 0 Å². The third-order valence-electron chi connectivity index (χ3n) is 4.15. The van der Waals surface area contributed by atoms with Crippen LogP contribution < -0.4 is 0 Å². The molecular weight excluding hydrogens is 220 g/mol. The largest absolute Gasteiger partial charge is 0.326 e. The highest BCUT2D eigenvalue weighted by Crippen LogP contribution is 2.36. The number of hydrogen-bond donors (Lipinski definition) is 0. The Morgan fingerprint density at radius 2 is 1.72 bits per heavy atom. The summed E-state index contributed by atoms with van der Waals surface area (Å²) in [6.07, 6.45) is 5.03. The number of hydrogen-bond acceptors (Lipinski definition) is 1. The molecular formula is C16H28N2. The van der Waals surface area contributed by atoms with E-state index in [2.05, 4.69) is 46.1 Å². The summed E-state index contributed by atoms with van der Waals surface area (Å²) in [6.45, 7) is 13.9. The van der Waals surface area contributed by atoms with Crippen molar-refractivity contribution in [2.45, 2.75) is 84.6 Å². The van der Waals surface area contributed by atoms with Crippen LogP contribution in [0.4, 0.5) is 0 Å². The minimum atomic E-state index is 0.228. The summed E-state index contributed by atoms with van der Waals surface area (Å²) in [5.41, 5.74) is 3.04. The van der Waals surface area contributed by atoms with E-state index < -0.39 is 0 Å². The third kappa shape index (κ3) is 2.22. The molecule has 0 atom stereocenters. The van der Waals surface area contributed by atoms with Crippen LogP contribution in [-0.4, -0.2) is 9.55 Å². The molecule has 0 bridgehead atoms. The average Bonchev–Trinajstić information content (AvgIpc) is 2.58. The fourth-order valence-electron chi connectivity index (χ4n) is 3.27. The van der Waals surface area contributed by atoms with Crippen LogP contribution in [0, 0.1) is 0 Å². The standard InChI is InChI=1S/C16H28N2/c1-11(2)14-15(12(3)4)18-13(17-14)9-7-8-10-16(18,5)6/h11-12H,7-10H2,1-6H3. The van der Waals surface area contributed by atoms with Crippen molar-refractivity contribution in [2.24, 2.45) is 0 Å². The molecule has 1 aromatic heterocycles. The van der Waals surface area contributed by atoms with Gasteiger partial charge in [0, 0.05) is 17.7 Å². The van der Waals surface area contributed by atoms with Gasteiger partial charge in [0.15, 0.2) is 0 Å². The summed E-state index contributed by atoms with van der Waals surface area (Å²) in [6, 6.07) is 0. The highest BCUT2D eigenvalue weighted by atomic mass is 15.2. The normalized spacial score (nSPS) is 19.1. The van der Waals surface area contributed by atoms with Gasteiger partial charge in [-0.05, 0) is 38.5 Å². The van der Waals surface area contributed by atoms with E-state index in [0.29, 0.717) is 11.8 Å². The van der Waals surface area contributed by atoms with Gasteiger partial charge in [-0.25, -0.2) is 4.98 Å². The zero-order valence-corrected chi connectivity index (χ0v) is 12.9. The van der Waals surface area contributed by atoms with E-state index in [1.807, 2.05) is 0 Å². The van der Waals surface area contributed by atoms with Gasteiger partial charge in [0.2, 0.25) is 0 Å². The third-order valence-corrected chi connectivity index (χ3v) is 4.15. The lowest BCUT2D eigenvalue weighted by molar-refractivity contribution is 0.313. The smallest absolute Gasteiger partial charge is 0.109 e. The Labute approximate surface area is 112 Å². The van der Waals surface area contributed by atoms with Gasteiger partial charge in [-0.2, -0.15) is 0 Å². The van der Waals surface area contributed by atoms with E-state index in [-0.39, 0.29) is 5.54 Å². The number of nitrogens with zero attached hydrogens (tertiary/aromatic N) is 2. The van der Waals surface area contributed by atoms with E-state index >= 15 is 0 Å². The van der Waals surface area contributed by atoms with E-state index in [4.69, 9.17) is 4.98 Å². The van der Waals surface area contributed by atoms with Gasteiger partial charge in [0.25, 0.3) is 0 Å². The second-order valence-electron chi connectivity index (χ2n) is 6.96. The summed E-state index contributed by atoms with van der Waals surface area (Å²) in [5.74, 6) is 2.41. The molecule has 18 heavy (non-hydrogen) atoms. The van der Waals surface area contributed by atoms with Crippen LogP contribution in [0.1, 0.15) is 89.9 Å². The van der Waals surface area contributed by atoms with Crippen LogP contribution in [-0.2, 0) is 12.0 Å². The monoisotopic (exact) mass is 248 g/mol. The van der Waals surface area contributed by atoms with Crippen LogP contribution in [0.3, 0.4) is 0 Å². The lowest BCUT2D eigenvalue weighted by atomic mass is 9.94. The Morgan fingerprint density at radius 1 is 1.06 bits per heavy atom. The van der Waals surface area contributed by atoms with Crippen LogP contribution in [0.25, 0.3) is 0 Å². The van der Waals surface area contributed by atoms with E-state index in [0.717, 1.165) is 6.42 Å². The predicted octanol–water partition coefficient (Wildman–Crippen LogP) is 4.59. The summed E-state index contributed by atoms with van der Waals surface area (Å²) in [4.78, 5) is 4.99. The molecule has 0 amide bonds. The highest BCUT2D eigenvalue weighted by Gasteiger charge is 2.31. The quantitative estimate of drug-likeness (QED) is 0.748. The van der Waals surface area contributed by atoms with Crippen LogP contribution in [0.5, 0.6) is 0 Å². The molecule has 2 heteroatoms. The van der Waals surface area contributed by atoms with Crippen LogP contribution in [0.15, 0.2) is 0 Å². The van der Waals surface area contributed by atoms with Crippen molar-refractivity contribution in [1.29, 1.82) is 0 Å². The maximum absolute atomic E-state index is 4.99. The fraction of sp³-hybridized carbons (Fsp3) is 0.812. The van der Waals surface area contributed by atoms with Gasteiger partial charge in [-0.15, -0.1) is 0 Å². The van der Waals surface area contributed by atoms with E-state index in [1.165, 1.54) is 36.5 Å². The molecule has 0 unspecified atom stereocenters. The highest BCUT2D eigenvalue weighted by molar-refractivity contribution is 5.26. The molecule has 102 valence electrons. The summed E-state index contributed by atoms with van der Waals surface area (Å²) < 4.78 is 2.57. The molecule has 2 nitrogen and oxygen atoms in total. The molecule has 0 saturated heterocycles. The Bertz CT molecular complexity index is 425. The summed E-state index contributed by atoms with van der Waals surface area (Å²) in [5, 5.41) is 0. The molecule has 0 N–H and O–H groups in total. The number of fused-ring (bicyclic) bond motifs is 1. The Morgan fingerprint density at radius 3 is 2.28 bits per heavy atom. The molecule has 1 aromatic rings. The molecule has 0 radical (unpaired) electrons. The molecule has 0 spiro atoms. The summed E-state index contributed by atoms with van der Waals surface area (Å²) in [7, 11) is 0. The van der Waals surface area contributed by atoms with Gasteiger partial charge < -0.3 is 4.57 Å². The van der Waals surface area contributed by atoms with Gasteiger partial charge >= 0.3 is 0 Å². The van der Waals surface area contributed by atoms with Gasteiger partial charge in [0.1, 0.15) is 5.82 Å². The lowest BCUT2D eigenvalue weighted by Crippen LogP contribution is -2.29. The number of aromatic nitrogens is 2. The molecule has 1 aliphatic heterocycles. The van der Waals surface area contributed by atoms with Gasteiger partial charge in [-0.1, -0.05) is 34.1 Å². The Kier molecular flexibility index (Phi) is 3.57. The lowest BCUT2D eigenvalue weighted by Gasteiger charge is -2.30. The first-order valence-electron chi connectivity index (χ1n) is 7.46. The minimum Gasteiger partial charge on any atom is -0.326 e. The molecule has 0 saturated carbocycles. The maximum Gasteiger partial charge on any atom is 0.109 e. The first kappa shape index (κ1) is 13.6. The average molecular weight is 248 g/mol. The zero-order valence-electron chi connectivity index (χ0n) is 12.9. The molecule has 2 heterocycles. The number of imidazole rings is 1. The Hall–Kier alpha value is -0.790. The van der Waals surface area contributed by atoms with Crippen molar-refractivity contribution in [3.05, 3.63) is 17.2 Å². The first-order chi connectivity index (χ1) is 8.34. The van der Waals surface area contributed by atoms with Crippen molar-refractivity contribution in [3.8, 4) is 0 Å². The first-order valence-corrected chi connectivity index (χ1v) is 7.46. The van der Waals surface area contributed by atoms with Crippen LogP contribution in [0.2, 0.25) is 0 Å². The minimum absolute atomic E-state index is 0.228. The van der Waals surface area contributed by atoms with Crippen molar-refractivity contribution in [1.82, 2.24) is 9.55 Å². The summed E-state index contributed by atoms with van der Waals surface area (Å²) >= 11 is 0. The van der Waals surface area contributed by atoms with Crippen molar-refractivity contribution < 1.29 is 0 Å². The molecule has 1 aliphatic rings. The molecule has 0 aliphatic carbocycles. The van der Waals surface area contributed by atoms with Gasteiger partial charge in [-0.3, -0.25) is 0 Å². The SMILES string of the molecule is CC(C)c1nc2n(c1C(C)C)C(C)(C)CCCC2. The Balaban J connectivity index is 2.65. The molecule has 2 rings (SSSR count). The van der Waals surface area contributed by atoms with E-state index in [9.17, 15) is 0 Å². The maximum atomic E-state index is 4.99. The predicted molar refractivity (Wildman–Crippen MR) is 77.3 cm³/mol. The molecule has 0 fully saturated rings. The topological polar surface area (TPSA) is 17.8 Å². The fourth-order valence-corrected chi connectivity index (χ4v) is 3.27. The van der Waals surface area contributed by atoms with Crippen molar-refractivity contribution in [2.75, 3.05) is 0 Å². The molecule has 0 aromatic carbocycles. The van der Waals surface area contributed by atoms with E-state index in [1.54, 1.807) is 0 Å². The second-order valence-corrected chi connectivity index (χ2v) is 6.96.